The van der Waals surface area contributed by atoms with Gasteiger partial charge < -0.3 is 20.0 Å². The van der Waals surface area contributed by atoms with Crippen LogP contribution in [0, 0.1) is 0 Å². The highest BCUT2D eigenvalue weighted by Gasteiger charge is 2.19. The summed E-state index contributed by atoms with van der Waals surface area (Å²) < 4.78 is 5.24. The molecule has 0 saturated heterocycles. The van der Waals surface area contributed by atoms with E-state index in [4.69, 9.17) is 4.74 Å². The van der Waals surface area contributed by atoms with Crippen molar-refractivity contribution < 1.29 is 19.4 Å². The Morgan fingerprint density at radius 1 is 1.11 bits per heavy atom. The second-order valence-corrected chi connectivity index (χ2v) is 5.32. The number of alkyl carbamates (subject to hydrolysis) is 1. The van der Waals surface area contributed by atoms with Crippen LogP contribution >= 0.6 is 0 Å². The molecule has 0 aliphatic heterocycles. The molecular weight excluding hydrogens is 246 g/mol. The number of nitrogens with one attached hydrogen (secondary N) is 1. The predicted octanol–water partition coefficient (Wildman–Crippen LogP) is 1.99. The SMILES string of the molecule is CCC(C)(C)OC(=O)NCCCCCCCC(=O)[O-]. The molecule has 0 radical (unpaired) electrons. The Morgan fingerprint density at radius 3 is 2.26 bits per heavy atom. The van der Waals surface area contributed by atoms with Gasteiger partial charge in [0, 0.05) is 12.5 Å². The van der Waals surface area contributed by atoms with Crippen molar-refractivity contribution in [3.8, 4) is 0 Å². The second-order valence-electron chi connectivity index (χ2n) is 5.32. The van der Waals surface area contributed by atoms with Crippen LogP contribution in [0.25, 0.3) is 0 Å². The summed E-state index contributed by atoms with van der Waals surface area (Å²) in [5, 5.41) is 12.9. The zero-order chi connectivity index (χ0) is 14.7. The van der Waals surface area contributed by atoms with E-state index in [-0.39, 0.29) is 12.5 Å². The van der Waals surface area contributed by atoms with Gasteiger partial charge in [0.25, 0.3) is 0 Å². The van der Waals surface area contributed by atoms with Gasteiger partial charge in [0.15, 0.2) is 0 Å². The monoisotopic (exact) mass is 272 g/mol. The Balaban J connectivity index is 3.39. The van der Waals surface area contributed by atoms with Crippen molar-refractivity contribution in [3.05, 3.63) is 0 Å². The molecule has 0 aromatic rings. The Hall–Kier alpha value is -1.26. The van der Waals surface area contributed by atoms with Crippen LogP contribution in [0.1, 0.15) is 65.7 Å². The Bertz CT molecular complexity index is 277. The number of carbonyl (C=O) groups excluding carboxylic acids is 2. The fourth-order valence-corrected chi connectivity index (χ4v) is 1.47. The van der Waals surface area contributed by atoms with E-state index < -0.39 is 11.6 Å². The number of rotatable bonds is 10. The highest BCUT2D eigenvalue weighted by atomic mass is 16.6. The lowest BCUT2D eigenvalue weighted by Crippen LogP contribution is -2.34. The van der Waals surface area contributed by atoms with Gasteiger partial charge in [-0.15, -0.1) is 0 Å². The van der Waals surface area contributed by atoms with Crippen molar-refractivity contribution in [1.29, 1.82) is 0 Å². The molecule has 0 saturated carbocycles. The maximum absolute atomic E-state index is 11.4. The number of carboxylic acid groups (broad SMARTS) is 1. The maximum Gasteiger partial charge on any atom is 0.407 e. The first-order valence-corrected chi connectivity index (χ1v) is 7.04. The highest BCUT2D eigenvalue weighted by Crippen LogP contribution is 2.13. The van der Waals surface area contributed by atoms with Crippen molar-refractivity contribution in [2.24, 2.45) is 0 Å². The zero-order valence-electron chi connectivity index (χ0n) is 12.3. The van der Waals surface area contributed by atoms with Gasteiger partial charge in [0.1, 0.15) is 5.60 Å². The number of ether oxygens (including phenoxy) is 1. The second kappa shape index (κ2) is 9.64. The molecule has 0 atom stereocenters. The van der Waals surface area contributed by atoms with E-state index in [9.17, 15) is 14.7 Å². The summed E-state index contributed by atoms with van der Waals surface area (Å²) in [7, 11) is 0. The molecule has 0 fully saturated rings. The van der Waals surface area contributed by atoms with Gasteiger partial charge in [-0.05, 0) is 39.5 Å². The van der Waals surface area contributed by atoms with Crippen LogP contribution in [0.2, 0.25) is 0 Å². The third-order valence-corrected chi connectivity index (χ3v) is 3.05. The Labute approximate surface area is 115 Å². The van der Waals surface area contributed by atoms with E-state index in [1.54, 1.807) is 0 Å². The number of hydrogen-bond acceptors (Lipinski definition) is 4. The van der Waals surface area contributed by atoms with Crippen LogP contribution in [-0.4, -0.2) is 24.2 Å². The largest absolute Gasteiger partial charge is 0.550 e. The zero-order valence-corrected chi connectivity index (χ0v) is 12.3. The molecule has 112 valence electrons. The molecule has 1 N–H and O–H groups in total. The number of hydrogen-bond donors (Lipinski definition) is 1. The van der Waals surface area contributed by atoms with Crippen LogP contribution < -0.4 is 10.4 Å². The van der Waals surface area contributed by atoms with E-state index >= 15 is 0 Å². The fraction of sp³-hybridized carbons (Fsp3) is 0.857. The van der Waals surface area contributed by atoms with E-state index in [0.717, 1.165) is 32.1 Å². The molecule has 0 aliphatic carbocycles. The predicted molar refractivity (Wildman–Crippen MR) is 71.6 cm³/mol. The molecule has 0 spiro atoms. The number of carboxylic acids is 1. The molecule has 0 aromatic carbocycles. The highest BCUT2D eigenvalue weighted by molar-refractivity contribution is 5.67. The van der Waals surface area contributed by atoms with Gasteiger partial charge in [0.05, 0.1) is 0 Å². The minimum absolute atomic E-state index is 0.136. The van der Waals surface area contributed by atoms with Gasteiger partial charge in [-0.3, -0.25) is 0 Å². The molecule has 0 aliphatic rings. The van der Waals surface area contributed by atoms with Crippen molar-refractivity contribution in [1.82, 2.24) is 5.32 Å². The van der Waals surface area contributed by atoms with Crippen LogP contribution in [0.5, 0.6) is 0 Å². The lowest BCUT2D eigenvalue weighted by Gasteiger charge is -2.23. The van der Waals surface area contributed by atoms with E-state index in [1.165, 1.54) is 0 Å². The Morgan fingerprint density at radius 2 is 1.68 bits per heavy atom. The molecular formula is C14H26NO4-. The lowest BCUT2D eigenvalue weighted by molar-refractivity contribution is -0.305. The lowest BCUT2D eigenvalue weighted by atomic mass is 10.1. The van der Waals surface area contributed by atoms with Crippen LogP contribution in [-0.2, 0) is 9.53 Å². The smallest absolute Gasteiger partial charge is 0.407 e. The standard InChI is InChI=1S/C14H27NO4/c1-4-14(2,3)19-13(18)15-11-9-7-5-6-8-10-12(16)17/h4-11H2,1-3H3,(H,15,18)(H,16,17)/p-1. The normalized spacial score (nSPS) is 11.1. The summed E-state index contributed by atoms with van der Waals surface area (Å²) in [5.74, 6) is -0.983. The number of aliphatic carboxylic acids is 1. The minimum Gasteiger partial charge on any atom is -0.550 e. The maximum atomic E-state index is 11.4. The van der Waals surface area contributed by atoms with Crippen molar-refractivity contribution in [2.75, 3.05) is 6.54 Å². The number of amides is 1. The molecule has 0 aromatic heterocycles. The Kier molecular flexibility index (Phi) is 9.00. The van der Waals surface area contributed by atoms with Crippen molar-refractivity contribution in [3.63, 3.8) is 0 Å². The third kappa shape index (κ3) is 11.6. The molecule has 5 heteroatoms. The quantitative estimate of drug-likeness (QED) is 0.617. The summed E-state index contributed by atoms with van der Waals surface area (Å²) in [6.45, 7) is 6.33. The van der Waals surface area contributed by atoms with Crippen LogP contribution in [0.15, 0.2) is 0 Å². The average Bonchev–Trinajstić information content (AvgIpc) is 2.31. The van der Waals surface area contributed by atoms with Crippen molar-refractivity contribution >= 4 is 12.1 Å². The topological polar surface area (TPSA) is 78.5 Å². The summed E-state index contributed by atoms with van der Waals surface area (Å²) in [6.07, 6.45) is 4.94. The first kappa shape index (κ1) is 17.7. The van der Waals surface area contributed by atoms with Gasteiger partial charge >= 0.3 is 6.09 Å². The van der Waals surface area contributed by atoms with E-state index in [1.807, 2.05) is 20.8 Å². The summed E-state index contributed by atoms with van der Waals surface area (Å²) in [5.41, 5.74) is -0.422. The van der Waals surface area contributed by atoms with Gasteiger partial charge in [-0.2, -0.15) is 0 Å². The summed E-state index contributed by atoms with van der Waals surface area (Å²) in [6, 6.07) is 0. The average molecular weight is 272 g/mol. The molecule has 0 heterocycles. The van der Waals surface area contributed by atoms with Gasteiger partial charge in [-0.25, -0.2) is 4.79 Å². The number of carbonyl (C=O) groups is 2. The first-order valence-electron chi connectivity index (χ1n) is 7.04. The van der Waals surface area contributed by atoms with Gasteiger partial charge in [-0.1, -0.05) is 26.2 Å². The number of unbranched alkanes of at least 4 members (excludes halogenated alkanes) is 4. The molecule has 0 rings (SSSR count). The van der Waals surface area contributed by atoms with E-state index in [0.29, 0.717) is 13.0 Å². The molecule has 1 amide bonds. The van der Waals surface area contributed by atoms with Crippen molar-refractivity contribution in [2.45, 2.75) is 71.3 Å². The first-order chi connectivity index (χ1) is 8.87. The van der Waals surface area contributed by atoms with Crippen LogP contribution in [0.4, 0.5) is 4.79 Å². The third-order valence-electron chi connectivity index (χ3n) is 3.05. The molecule has 5 nitrogen and oxygen atoms in total. The molecule has 0 unspecified atom stereocenters. The van der Waals surface area contributed by atoms with Gasteiger partial charge in [0.2, 0.25) is 0 Å². The molecule has 19 heavy (non-hydrogen) atoms. The van der Waals surface area contributed by atoms with Crippen LogP contribution in [0.3, 0.4) is 0 Å². The molecule has 0 bridgehead atoms. The fourth-order valence-electron chi connectivity index (χ4n) is 1.47. The van der Waals surface area contributed by atoms with E-state index in [2.05, 4.69) is 5.32 Å². The minimum atomic E-state index is -0.983. The summed E-state index contributed by atoms with van der Waals surface area (Å²) >= 11 is 0. The summed E-state index contributed by atoms with van der Waals surface area (Å²) in [4.78, 5) is 21.6.